The zero-order chi connectivity index (χ0) is 21.0. The standard InChI is InChI=1S/C17H17ClN6O3S2/c1-23(2)29(26,27)13-8-9-14(18)15(10-13)19-16(25)11-28-17-20-21-22-24(17)12-6-4-3-5-7-12/h3-10H,11H2,1-2H3,(H,19,25). The summed E-state index contributed by atoms with van der Waals surface area (Å²) >= 11 is 7.25. The Kier molecular flexibility index (Phi) is 6.52. The second-order valence-corrected chi connectivity index (χ2v) is 9.48. The van der Waals surface area contributed by atoms with Crippen molar-refractivity contribution in [3.05, 3.63) is 53.6 Å². The summed E-state index contributed by atoms with van der Waals surface area (Å²) in [6, 6.07) is 13.4. The minimum absolute atomic E-state index is 0.00813. The SMILES string of the molecule is CN(C)S(=O)(=O)c1ccc(Cl)c(NC(=O)CSc2nnnn2-c2ccccc2)c1. The number of hydrogen-bond acceptors (Lipinski definition) is 7. The van der Waals surface area contributed by atoms with E-state index in [-0.39, 0.29) is 27.3 Å². The van der Waals surface area contributed by atoms with E-state index in [1.807, 2.05) is 30.3 Å². The number of benzene rings is 2. The van der Waals surface area contributed by atoms with Crippen LogP contribution in [0.4, 0.5) is 5.69 Å². The molecule has 2 aromatic carbocycles. The summed E-state index contributed by atoms with van der Waals surface area (Å²) in [4.78, 5) is 12.4. The molecule has 0 aliphatic heterocycles. The summed E-state index contributed by atoms with van der Waals surface area (Å²) < 4.78 is 27.2. The Balaban J connectivity index is 1.71. The first kappa shape index (κ1) is 21.2. The first-order valence-electron chi connectivity index (χ1n) is 8.27. The fourth-order valence-corrected chi connectivity index (χ4v) is 4.07. The molecule has 0 radical (unpaired) electrons. The average Bonchev–Trinajstić information content (AvgIpc) is 3.17. The van der Waals surface area contributed by atoms with Crippen LogP contribution in [0.1, 0.15) is 0 Å². The van der Waals surface area contributed by atoms with Crippen molar-refractivity contribution in [3.63, 3.8) is 0 Å². The van der Waals surface area contributed by atoms with Crippen LogP contribution >= 0.6 is 23.4 Å². The molecule has 0 fully saturated rings. The van der Waals surface area contributed by atoms with Crippen LogP contribution in [0.2, 0.25) is 5.02 Å². The summed E-state index contributed by atoms with van der Waals surface area (Å²) in [5.41, 5.74) is 0.980. The van der Waals surface area contributed by atoms with Gasteiger partial charge in [0.1, 0.15) is 0 Å². The fourth-order valence-electron chi connectivity index (χ4n) is 2.29. The average molecular weight is 453 g/mol. The first-order valence-corrected chi connectivity index (χ1v) is 11.1. The minimum atomic E-state index is -3.65. The normalized spacial score (nSPS) is 11.6. The number of amides is 1. The van der Waals surface area contributed by atoms with Crippen LogP contribution in [0.25, 0.3) is 5.69 Å². The Morgan fingerprint density at radius 2 is 1.93 bits per heavy atom. The third-order valence-electron chi connectivity index (χ3n) is 3.76. The van der Waals surface area contributed by atoms with Crippen molar-refractivity contribution in [1.82, 2.24) is 24.5 Å². The van der Waals surface area contributed by atoms with Crippen molar-refractivity contribution in [3.8, 4) is 5.69 Å². The second-order valence-electron chi connectivity index (χ2n) is 5.97. The van der Waals surface area contributed by atoms with Crippen LogP contribution in [0.3, 0.4) is 0 Å². The zero-order valence-electron chi connectivity index (χ0n) is 15.5. The van der Waals surface area contributed by atoms with Crippen LogP contribution in [0, 0.1) is 0 Å². The summed E-state index contributed by atoms with van der Waals surface area (Å²) in [5, 5.41) is 14.8. The molecule has 0 aliphatic carbocycles. The summed E-state index contributed by atoms with van der Waals surface area (Å²) in [6.07, 6.45) is 0. The van der Waals surface area contributed by atoms with Gasteiger partial charge in [0.05, 0.1) is 27.0 Å². The molecule has 12 heteroatoms. The molecule has 0 spiro atoms. The van der Waals surface area contributed by atoms with Crippen LogP contribution in [-0.4, -0.2) is 58.7 Å². The maximum atomic E-state index is 12.4. The molecule has 1 aromatic heterocycles. The molecule has 1 heterocycles. The van der Waals surface area contributed by atoms with Gasteiger partial charge in [-0.3, -0.25) is 4.79 Å². The second kappa shape index (κ2) is 8.91. The Bertz CT molecular complexity index is 1120. The van der Waals surface area contributed by atoms with Gasteiger partial charge in [0.15, 0.2) is 0 Å². The largest absolute Gasteiger partial charge is 0.324 e. The number of para-hydroxylation sites is 1. The topological polar surface area (TPSA) is 110 Å². The first-order chi connectivity index (χ1) is 13.8. The van der Waals surface area contributed by atoms with Crippen LogP contribution in [0.15, 0.2) is 58.6 Å². The molecule has 0 aliphatic rings. The fraction of sp³-hybridized carbons (Fsp3) is 0.176. The number of sulfonamides is 1. The highest BCUT2D eigenvalue weighted by Gasteiger charge is 2.19. The molecule has 3 rings (SSSR count). The molecule has 3 aromatic rings. The Labute approximate surface area is 177 Å². The maximum Gasteiger partial charge on any atom is 0.242 e. The molecule has 0 saturated heterocycles. The van der Waals surface area contributed by atoms with Crippen LogP contribution < -0.4 is 5.32 Å². The van der Waals surface area contributed by atoms with Crippen molar-refractivity contribution in [2.75, 3.05) is 25.2 Å². The van der Waals surface area contributed by atoms with Gasteiger partial charge in [0.2, 0.25) is 21.1 Å². The van der Waals surface area contributed by atoms with E-state index in [1.54, 1.807) is 0 Å². The van der Waals surface area contributed by atoms with Crippen LogP contribution in [-0.2, 0) is 14.8 Å². The number of aromatic nitrogens is 4. The molecule has 0 unspecified atom stereocenters. The van der Waals surface area contributed by atoms with Gasteiger partial charge in [-0.25, -0.2) is 12.7 Å². The summed E-state index contributed by atoms with van der Waals surface area (Å²) in [7, 11) is -0.795. The van der Waals surface area contributed by atoms with Crippen molar-refractivity contribution in [2.45, 2.75) is 10.1 Å². The van der Waals surface area contributed by atoms with E-state index >= 15 is 0 Å². The minimum Gasteiger partial charge on any atom is -0.324 e. The number of carbonyl (C=O) groups is 1. The highest BCUT2D eigenvalue weighted by atomic mass is 35.5. The third-order valence-corrected chi connectivity index (χ3v) is 6.82. The van der Waals surface area contributed by atoms with Gasteiger partial charge in [-0.2, -0.15) is 4.68 Å². The Morgan fingerprint density at radius 3 is 2.62 bits per heavy atom. The number of nitrogens with zero attached hydrogens (tertiary/aromatic N) is 5. The predicted molar refractivity (Wildman–Crippen MR) is 111 cm³/mol. The molecule has 1 N–H and O–H groups in total. The number of halogens is 1. The molecule has 152 valence electrons. The number of nitrogens with one attached hydrogen (secondary N) is 1. The lowest BCUT2D eigenvalue weighted by molar-refractivity contribution is -0.113. The van der Waals surface area contributed by atoms with E-state index in [0.717, 1.165) is 21.8 Å². The lowest BCUT2D eigenvalue weighted by Crippen LogP contribution is -2.22. The highest BCUT2D eigenvalue weighted by molar-refractivity contribution is 7.99. The molecular weight excluding hydrogens is 436 g/mol. The number of rotatable bonds is 7. The molecule has 9 nitrogen and oxygen atoms in total. The number of tetrazole rings is 1. The van der Waals surface area contributed by atoms with Gasteiger partial charge in [0.25, 0.3) is 0 Å². The molecule has 29 heavy (non-hydrogen) atoms. The molecule has 0 atom stereocenters. The quantitative estimate of drug-likeness (QED) is 0.547. The number of anilines is 1. The molecular formula is C17H17ClN6O3S2. The van der Waals surface area contributed by atoms with Gasteiger partial charge in [0, 0.05) is 14.1 Å². The molecule has 1 amide bonds. The predicted octanol–water partition coefficient (Wildman–Crippen LogP) is 2.30. The van der Waals surface area contributed by atoms with Crippen molar-refractivity contribution in [1.29, 1.82) is 0 Å². The van der Waals surface area contributed by atoms with Gasteiger partial charge < -0.3 is 5.32 Å². The maximum absolute atomic E-state index is 12.4. The van der Waals surface area contributed by atoms with E-state index < -0.39 is 10.0 Å². The lowest BCUT2D eigenvalue weighted by Gasteiger charge is -2.13. The molecule has 0 bridgehead atoms. The number of carbonyl (C=O) groups excluding carboxylic acids is 1. The van der Waals surface area contributed by atoms with E-state index in [2.05, 4.69) is 20.8 Å². The van der Waals surface area contributed by atoms with Gasteiger partial charge in [-0.15, -0.1) is 5.10 Å². The van der Waals surface area contributed by atoms with E-state index in [1.165, 1.54) is 37.0 Å². The van der Waals surface area contributed by atoms with E-state index in [9.17, 15) is 13.2 Å². The van der Waals surface area contributed by atoms with Gasteiger partial charge >= 0.3 is 0 Å². The zero-order valence-corrected chi connectivity index (χ0v) is 17.9. The third kappa shape index (κ3) is 4.93. The van der Waals surface area contributed by atoms with Crippen LogP contribution in [0.5, 0.6) is 0 Å². The number of thioether (sulfide) groups is 1. The van der Waals surface area contributed by atoms with Gasteiger partial charge in [-0.1, -0.05) is 41.6 Å². The van der Waals surface area contributed by atoms with Crippen molar-refractivity contribution >= 4 is 45.0 Å². The Morgan fingerprint density at radius 1 is 1.21 bits per heavy atom. The smallest absolute Gasteiger partial charge is 0.242 e. The lowest BCUT2D eigenvalue weighted by atomic mass is 10.3. The summed E-state index contributed by atoms with van der Waals surface area (Å²) in [5.74, 6) is -0.368. The van der Waals surface area contributed by atoms with Crippen molar-refractivity contribution < 1.29 is 13.2 Å². The van der Waals surface area contributed by atoms with Crippen molar-refractivity contribution in [2.24, 2.45) is 0 Å². The van der Waals surface area contributed by atoms with E-state index in [4.69, 9.17) is 11.6 Å². The Hall–Kier alpha value is -2.47. The summed E-state index contributed by atoms with van der Waals surface area (Å²) in [6.45, 7) is 0. The highest BCUT2D eigenvalue weighted by Crippen LogP contribution is 2.27. The number of hydrogen-bond donors (Lipinski definition) is 1. The monoisotopic (exact) mass is 452 g/mol. The van der Waals surface area contributed by atoms with Gasteiger partial charge in [-0.05, 0) is 40.8 Å². The molecule has 0 saturated carbocycles. The van der Waals surface area contributed by atoms with E-state index in [0.29, 0.717) is 5.16 Å².